The van der Waals surface area contributed by atoms with E-state index in [1.54, 1.807) is 6.07 Å². The third-order valence-corrected chi connectivity index (χ3v) is 3.26. The van der Waals surface area contributed by atoms with Gasteiger partial charge in [0.1, 0.15) is 5.58 Å². The van der Waals surface area contributed by atoms with Crippen molar-refractivity contribution in [1.82, 2.24) is 4.90 Å². The Morgan fingerprint density at radius 1 is 1.32 bits per heavy atom. The normalized spacial score (nSPS) is 11.3. The number of benzene rings is 1. The average molecular weight is 261 g/mol. The molecule has 0 aliphatic rings. The lowest BCUT2D eigenvalue weighted by Gasteiger charge is -2.19. The minimum Gasteiger partial charge on any atom is -0.475 e. The Kier molecular flexibility index (Phi) is 4.22. The van der Waals surface area contributed by atoms with Crippen LogP contribution in [-0.2, 0) is 6.54 Å². The largest absolute Gasteiger partial charge is 0.475 e. The van der Waals surface area contributed by atoms with Gasteiger partial charge in [-0.3, -0.25) is 4.90 Å². The number of nitrogens with zero attached hydrogens (tertiary/aromatic N) is 1. The monoisotopic (exact) mass is 261 g/mol. The highest BCUT2D eigenvalue weighted by Gasteiger charge is 2.20. The molecule has 0 aliphatic heterocycles. The molecule has 1 aromatic heterocycles. The van der Waals surface area contributed by atoms with Crippen molar-refractivity contribution in [1.29, 1.82) is 0 Å². The number of furan rings is 1. The minimum absolute atomic E-state index is 0.0655. The van der Waals surface area contributed by atoms with E-state index in [1.165, 1.54) is 0 Å². The molecule has 0 saturated heterocycles. The van der Waals surface area contributed by atoms with E-state index in [2.05, 4.69) is 18.7 Å². The Bertz CT molecular complexity index is 574. The second-order valence-electron chi connectivity index (χ2n) is 4.58. The van der Waals surface area contributed by atoms with E-state index in [1.807, 2.05) is 18.2 Å². The number of carboxylic acids is 1. The maximum Gasteiger partial charge on any atom is 0.372 e. The van der Waals surface area contributed by atoms with Crippen molar-refractivity contribution >= 4 is 16.9 Å². The maximum absolute atomic E-state index is 11.3. The first-order chi connectivity index (χ1) is 9.17. The molecule has 0 unspecified atom stereocenters. The summed E-state index contributed by atoms with van der Waals surface area (Å²) in [5, 5.41) is 10.2. The fourth-order valence-corrected chi connectivity index (χ4v) is 2.32. The highest BCUT2D eigenvalue weighted by atomic mass is 16.4. The Hall–Kier alpha value is -1.81. The highest BCUT2D eigenvalue weighted by molar-refractivity contribution is 5.95. The molecule has 0 radical (unpaired) electrons. The summed E-state index contributed by atoms with van der Waals surface area (Å²) in [4.78, 5) is 13.5. The molecule has 0 bridgehead atoms. The number of para-hydroxylation sites is 1. The van der Waals surface area contributed by atoms with Crippen LogP contribution in [0.4, 0.5) is 0 Å². The van der Waals surface area contributed by atoms with Gasteiger partial charge < -0.3 is 9.52 Å². The number of carboxylic acid groups (broad SMARTS) is 1. The van der Waals surface area contributed by atoms with Crippen LogP contribution in [0, 0.1) is 0 Å². The molecule has 1 N–H and O–H groups in total. The van der Waals surface area contributed by atoms with Crippen molar-refractivity contribution in [2.24, 2.45) is 0 Å². The van der Waals surface area contributed by atoms with E-state index >= 15 is 0 Å². The van der Waals surface area contributed by atoms with Crippen LogP contribution in [0.2, 0.25) is 0 Å². The molecule has 2 aromatic rings. The van der Waals surface area contributed by atoms with Crippen LogP contribution in [0.1, 0.15) is 36.4 Å². The van der Waals surface area contributed by atoms with Gasteiger partial charge in [-0.15, -0.1) is 0 Å². The zero-order chi connectivity index (χ0) is 13.8. The third kappa shape index (κ3) is 2.79. The van der Waals surface area contributed by atoms with E-state index in [-0.39, 0.29) is 5.76 Å². The number of fused-ring (bicyclic) bond motifs is 1. The van der Waals surface area contributed by atoms with E-state index in [0.717, 1.165) is 30.5 Å². The summed E-state index contributed by atoms with van der Waals surface area (Å²) in [5.41, 5.74) is 1.42. The van der Waals surface area contributed by atoms with E-state index in [4.69, 9.17) is 4.42 Å². The maximum atomic E-state index is 11.3. The Morgan fingerprint density at radius 2 is 2.05 bits per heavy atom. The number of carbonyl (C=O) groups is 1. The van der Waals surface area contributed by atoms with Gasteiger partial charge in [0.25, 0.3) is 0 Å². The number of hydrogen-bond donors (Lipinski definition) is 1. The van der Waals surface area contributed by atoms with Gasteiger partial charge in [-0.05, 0) is 25.6 Å². The fourth-order valence-electron chi connectivity index (χ4n) is 2.32. The molecular weight excluding hydrogens is 242 g/mol. The molecule has 4 nitrogen and oxygen atoms in total. The van der Waals surface area contributed by atoms with Gasteiger partial charge in [0.05, 0.1) is 0 Å². The first kappa shape index (κ1) is 13.6. The van der Waals surface area contributed by atoms with Gasteiger partial charge in [-0.25, -0.2) is 4.79 Å². The van der Waals surface area contributed by atoms with E-state index in [0.29, 0.717) is 12.1 Å². The van der Waals surface area contributed by atoms with Crippen LogP contribution in [0.5, 0.6) is 0 Å². The van der Waals surface area contributed by atoms with Gasteiger partial charge in [0.15, 0.2) is 0 Å². The lowest BCUT2D eigenvalue weighted by atomic mass is 10.1. The molecule has 102 valence electrons. The van der Waals surface area contributed by atoms with Crippen molar-refractivity contribution in [3.05, 3.63) is 35.6 Å². The van der Waals surface area contributed by atoms with E-state index < -0.39 is 5.97 Å². The third-order valence-electron chi connectivity index (χ3n) is 3.26. The predicted molar refractivity (Wildman–Crippen MR) is 74.4 cm³/mol. The van der Waals surface area contributed by atoms with Gasteiger partial charge in [-0.1, -0.05) is 32.0 Å². The summed E-state index contributed by atoms with van der Waals surface area (Å²) in [6.07, 6.45) is 1.05. The van der Waals surface area contributed by atoms with Crippen LogP contribution in [0.25, 0.3) is 11.0 Å². The average Bonchev–Trinajstić information content (AvgIpc) is 2.77. The van der Waals surface area contributed by atoms with Crippen molar-refractivity contribution in [2.75, 3.05) is 13.1 Å². The van der Waals surface area contributed by atoms with Crippen molar-refractivity contribution < 1.29 is 14.3 Å². The van der Waals surface area contributed by atoms with Gasteiger partial charge in [0, 0.05) is 17.5 Å². The lowest BCUT2D eigenvalue weighted by Crippen LogP contribution is -2.24. The van der Waals surface area contributed by atoms with Crippen LogP contribution in [0.15, 0.2) is 28.7 Å². The molecule has 0 saturated carbocycles. The van der Waals surface area contributed by atoms with Crippen molar-refractivity contribution in [3.8, 4) is 0 Å². The fraction of sp³-hybridized carbons (Fsp3) is 0.400. The zero-order valence-corrected chi connectivity index (χ0v) is 11.3. The van der Waals surface area contributed by atoms with Crippen LogP contribution in [-0.4, -0.2) is 29.1 Å². The van der Waals surface area contributed by atoms with Crippen LogP contribution >= 0.6 is 0 Å². The second-order valence-corrected chi connectivity index (χ2v) is 4.58. The molecule has 19 heavy (non-hydrogen) atoms. The molecule has 2 rings (SSSR count). The van der Waals surface area contributed by atoms with Crippen LogP contribution in [0.3, 0.4) is 0 Å². The second kappa shape index (κ2) is 5.89. The van der Waals surface area contributed by atoms with Crippen molar-refractivity contribution in [2.45, 2.75) is 26.8 Å². The minimum atomic E-state index is -1.00. The number of aromatic carboxylic acids is 1. The molecule has 0 amide bonds. The predicted octanol–water partition coefficient (Wildman–Crippen LogP) is 3.36. The Morgan fingerprint density at radius 3 is 2.68 bits per heavy atom. The standard InChI is InChI=1S/C15H19NO3/c1-3-9-16(4-2)10-12-11-7-5-6-8-13(11)19-14(12)15(17)18/h5-8H,3-4,9-10H2,1-2H3,(H,17,18). The summed E-state index contributed by atoms with van der Waals surface area (Å²) in [5.74, 6) is -0.936. The summed E-state index contributed by atoms with van der Waals surface area (Å²) >= 11 is 0. The Balaban J connectivity index is 2.44. The first-order valence-electron chi connectivity index (χ1n) is 6.63. The summed E-state index contributed by atoms with van der Waals surface area (Å²) in [6.45, 7) is 6.66. The first-order valence-corrected chi connectivity index (χ1v) is 6.63. The smallest absolute Gasteiger partial charge is 0.372 e. The molecule has 0 spiro atoms. The lowest BCUT2D eigenvalue weighted by molar-refractivity contribution is 0.0661. The molecule has 4 heteroatoms. The topological polar surface area (TPSA) is 53.7 Å². The molecule has 0 aliphatic carbocycles. The van der Waals surface area contributed by atoms with Gasteiger partial charge >= 0.3 is 5.97 Å². The molecular formula is C15H19NO3. The summed E-state index contributed by atoms with van der Waals surface area (Å²) < 4.78 is 5.46. The van der Waals surface area contributed by atoms with Gasteiger partial charge in [-0.2, -0.15) is 0 Å². The highest BCUT2D eigenvalue weighted by Crippen LogP contribution is 2.27. The molecule has 1 heterocycles. The number of hydrogen-bond acceptors (Lipinski definition) is 3. The summed E-state index contributed by atoms with van der Waals surface area (Å²) in [6, 6.07) is 7.48. The van der Waals surface area contributed by atoms with Crippen molar-refractivity contribution in [3.63, 3.8) is 0 Å². The zero-order valence-electron chi connectivity index (χ0n) is 11.3. The molecule has 1 aromatic carbocycles. The Labute approximate surface area is 112 Å². The molecule has 0 fully saturated rings. The quantitative estimate of drug-likeness (QED) is 0.866. The van der Waals surface area contributed by atoms with E-state index in [9.17, 15) is 9.90 Å². The van der Waals surface area contributed by atoms with Gasteiger partial charge in [0.2, 0.25) is 5.76 Å². The summed E-state index contributed by atoms with van der Waals surface area (Å²) in [7, 11) is 0. The molecule has 0 atom stereocenters. The number of rotatable bonds is 6. The van der Waals surface area contributed by atoms with Crippen LogP contribution < -0.4 is 0 Å². The SMILES string of the molecule is CCCN(CC)Cc1c(C(=O)O)oc2ccccc12.